The minimum absolute atomic E-state index is 0.0187. The van der Waals surface area contributed by atoms with Crippen molar-refractivity contribution in [3.05, 3.63) is 76.1 Å². The van der Waals surface area contributed by atoms with Crippen molar-refractivity contribution >= 4 is 10.0 Å². The van der Waals surface area contributed by atoms with Gasteiger partial charge >= 0.3 is 0 Å². The van der Waals surface area contributed by atoms with Gasteiger partial charge in [-0.3, -0.25) is 4.79 Å². The summed E-state index contributed by atoms with van der Waals surface area (Å²) in [5, 5.41) is 9.51. The average molecular weight is 355 g/mol. The van der Waals surface area contributed by atoms with E-state index in [2.05, 4.69) is 5.10 Å². The Morgan fingerprint density at radius 2 is 1.64 bits per heavy atom. The summed E-state index contributed by atoms with van der Waals surface area (Å²) in [5.41, 5.74) is 3.95. The van der Waals surface area contributed by atoms with E-state index in [1.807, 2.05) is 32.0 Å². The second-order valence-electron chi connectivity index (χ2n) is 5.83. The molecule has 2 aromatic carbocycles. The molecule has 0 spiro atoms. The Labute approximate surface area is 145 Å². The lowest BCUT2D eigenvalue weighted by molar-refractivity contribution is 0.597. The van der Waals surface area contributed by atoms with Crippen LogP contribution in [-0.4, -0.2) is 18.2 Å². The molecule has 0 saturated carbocycles. The lowest BCUT2D eigenvalue weighted by Crippen LogP contribution is -2.20. The molecule has 1 aromatic heterocycles. The molecular weight excluding hydrogens is 338 g/mol. The van der Waals surface area contributed by atoms with E-state index in [-0.39, 0.29) is 10.5 Å². The summed E-state index contributed by atoms with van der Waals surface area (Å²) in [6, 6.07) is 14.8. The number of rotatable bonds is 3. The highest BCUT2D eigenvalue weighted by Crippen LogP contribution is 2.22. The van der Waals surface area contributed by atoms with Crippen molar-refractivity contribution in [2.45, 2.75) is 18.7 Å². The number of primary sulfonamides is 1. The smallest absolute Gasteiger partial charge is 0.267 e. The van der Waals surface area contributed by atoms with Gasteiger partial charge in [-0.05, 0) is 49.7 Å². The van der Waals surface area contributed by atoms with Crippen LogP contribution in [0.4, 0.5) is 0 Å². The van der Waals surface area contributed by atoms with Gasteiger partial charge in [-0.15, -0.1) is 0 Å². The molecule has 0 aliphatic rings. The molecule has 0 atom stereocenters. The fourth-order valence-electron chi connectivity index (χ4n) is 2.62. The van der Waals surface area contributed by atoms with E-state index < -0.39 is 10.0 Å². The second-order valence-corrected chi connectivity index (χ2v) is 7.39. The predicted octanol–water partition coefficient (Wildman–Crippen LogP) is 2.16. The zero-order chi connectivity index (χ0) is 18.2. The minimum atomic E-state index is -3.78. The molecule has 3 rings (SSSR count). The first kappa shape index (κ1) is 17.1. The van der Waals surface area contributed by atoms with Crippen molar-refractivity contribution in [2.24, 2.45) is 5.14 Å². The molecule has 0 saturated heterocycles. The van der Waals surface area contributed by atoms with Gasteiger partial charge in [0.1, 0.15) is 0 Å². The van der Waals surface area contributed by atoms with E-state index >= 15 is 0 Å². The van der Waals surface area contributed by atoms with E-state index in [9.17, 15) is 13.2 Å². The number of hydrogen-bond donors (Lipinski definition) is 1. The molecule has 7 heteroatoms. The van der Waals surface area contributed by atoms with Crippen molar-refractivity contribution < 1.29 is 8.42 Å². The third kappa shape index (κ3) is 3.52. The van der Waals surface area contributed by atoms with E-state index in [0.29, 0.717) is 11.4 Å². The van der Waals surface area contributed by atoms with Gasteiger partial charge in [0.25, 0.3) is 5.56 Å². The maximum absolute atomic E-state index is 12.2. The Bertz CT molecular complexity index is 1100. The van der Waals surface area contributed by atoms with E-state index in [1.165, 1.54) is 35.0 Å². The van der Waals surface area contributed by atoms with Crippen LogP contribution in [-0.2, 0) is 10.0 Å². The van der Waals surface area contributed by atoms with Crippen molar-refractivity contribution in [1.29, 1.82) is 0 Å². The van der Waals surface area contributed by atoms with Gasteiger partial charge in [0.05, 0.1) is 16.3 Å². The average Bonchev–Trinajstić information content (AvgIpc) is 2.55. The highest BCUT2D eigenvalue weighted by Gasteiger charge is 2.10. The Balaban J connectivity index is 2.10. The maximum Gasteiger partial charge on any atom is 0.271 e. The fraction of sp³-hybridized carbons (Fsp3) is 0.111. The molecule has 0 aliphatic carbocycles. The van der Waals surface area contributed by atoms with E-state index in [1.54, 1.807) is 6.07 Å². The number of sulfonamides is 1. The molecule has 2 N–H and O–H groups in total. The van der Waals surface area contributed by atoms with Crippen molar-refractivity contribution in [3.63, 3.8) is 0 Å². The first-order chi connectivity index (χ1) is 11.8. The van der Waals surface area contributed by atoms with Crippen LogP contribution < -0.4 is 10.7 Å². The van der Waals surface area contributed by atoms with Gasteiger partial charge in [0.15, 0.2) is 0 Å². The van der Waals surface area contributed by atoms with Gasteiger partial charge < -0.3 is 0 Å². The summed E-state index contributed by atoms with van der Waals surface area (Å²) in [6.07, 6.45) is 0. The number of aryl methyl sites for hydroxylation is 2. The van der Waals surface area contributed by atoms with Crippen LogP contribution in [0.25, 0.3) is 16.9 Å². The summed E-state index contributed by atoms with van der Waals surface area (Å²) >= 11 is 0. The Morgan fingerprint density at radius 3 is 2.24 bits per heavy atom. The van der Waals surface area contributed by atoms with Crippen LogP contribution in [0, 0.1) is 13.8 Å². The van der Waals surface area contributed by atoms with Crippen molar-refractivity contribution in [1.82, 2.24) is 9.78 Å². The first-order valence-corrected chi connectivity index (χ1v) is 9.11. The summed E-state index contributed by atoms with van der Waals surface area (Å²) in [7, 11) is -3.78. The normalized spacial score (nSPS) is 11.5. The van der Waals surface area contributed by atoms with Crippen LogP contribution in [0.1, 0.15) is 11.1 Å². The van der Waals surface area contributed by atoms with Crippen LogP contribution in [0.3, 0.4) is 0 Å². The predicted molar refractivity (Wildman–Crippen MR) is 96.1 cm³/mol. The standard InChI is InChI=1S/C18H17N3O3S/c1-12-3-8-16(13(2)11-12)17-9-10-18(22)21(20-17)14-4-6-15(7-5-14)25(19,23)24/h3-11H,1-2H3,(H2,19,23,24). The zero-order valence-electron chi connectivity index (χ0n) is 13.8. The quantitative estimate of drug-likeness (QED) is 0.779. The molecule has 3 aromatic rings. The minimum Gasteiger partial charge on any atom is -0.267 e. The molecular formula is C18H17N3O3S. The molecule has 128 valence electrons. The summed E-state index contributed by atoms with van der Waals surface area (Å²) in [5.74, 6) is 0. The van der Waals surface area contributed by atoms with E-state index in [4.69, 9.17) is 5.14 Å². The molecule has 0 unspecified atom stereocenters. The van der Waals surface area contributed by atoms with Gasteiger partial charge in [-0.2, -0.15) is 9.78 Å². The summed E-state index contributed by atoms with van der Waals surface area (Å²) < 4.78 is 23.9. The van der Waals surface area contributed by atoms with Crippen LogP contribution >= 0.6 is 0 Å². The molecule has 25 heavy (non-hydrogen) atoms. The SMILES string of the molecule is Cc1ccc(-c2ccc(=O)n(-c3ccc(S(N)(=O)=O)cc3)n2)c(C)c1. The third-order valence-corrected chi connectivity index (χ3v) is 4.80. The number of aromatic nitrogens is 2. The Morgan fingerprint density at radius 1 is 0.960 bits per heavy atom. The molecule has 0 aliphatic heterocycles. The molecule has 0 fully saturated rings. The molecule has 0 radical (unpaired) electrons. The summed E-state index contributed by atoms with van der Waals surface area (Å²) in [6.45, 7) is 4.00. The lowest BCUT2D eigenvalue weighted by Gasteiger charge is -2.10. The van der Waals surface area contributed by atoms with Crippen molar-refractivity contribution in [3.8, 4) is 16.9 Å². The van der Waals surface area contributed by atoms with Gasteiger partial charge in [-0.25, -0.2) is 13.6 Å². The number of nitrogens with two attached hydrogens (primary N) is 1. The van der Waals surface area contributed by atoms with Gasteiger partial charge in [0.2, 0.25) is 10.0 Å². The lowest BCUT2D eigenvalue weighted by atomic mass is 10.0. The maximum atomic E-state index is 12.2. The monoisotopic (exact) mass is 355 g/mol. The number of benzene rings is 2. The Kier molecular flexibility index (Phi) is 4.28. The van der Waals surface area contributed by atoms with Crippen LogP contribution in [0.5, 0.6) is 0 Å². The first-order valence-electron chi connectivity index (χ1n) is 7.57. The zero-order valence-corrected chi connectivity index (χ0v) is 14.6. The van der Waals surface area contributed by atoms with Crippen LogP contribution in [0.2, 0.25) is 0 Å². The second kappa shape index (κ2) is 6.27. The Hall–Kier alpha value is -2.77. The van der Waals surface area contributed by atoms with Crippen LogP contribution in [0.15, 0.2) is 64.3 Å². The fourth-order valence-corrected chi connectivity index (χ4v) is 3.13. The topological polar surface area (TPSA) is 95.0 Å². The largest absolute Gasteiger partial charge is 0.271 e. The highest BCUT2D eigenvalue weighted by atomic mass is 32.2. The molecule has 6 nitrogen and oxygen atoms in total. The number of hydrogen-bond acceptors (Lipinski definition) is 4. The summed E-state index contributed by atoms with van der Waals surface area (Å²) in [4.78, 5) is 12.2. The molecule has 0 amide bonds. The van der Waals surface area contributed by atoms with Crippen molar-refractivity contribution in [2.75, 3.05) is 0 Å². The van der Waals surface area contributed by atoms with Gasteiger partial charge in [-0.1, -0.05) is 23.8 Å². The molecule has 0 bridgehead atoms. The van der Waals surface area contributed by atoms with Gasteiger partial charge in [0, 0.05) is 11.6 Å². The molecule has 1 heterocycles. The third-order valence-electron chi connectivity index (χ3n) is 3.87. The number of nitrogens with zero attached hydrogens (tertiary/aromatic N) is 2. The van der Waals surface area contributed by atoms with E-state index in [0.717, 1.165) is 16.7 Å². The highest BCUT2D eigenvalue weighted by molar-refractivity contribution is 7.89.